The summed E-state index contributed by atoms with van der Waals surface area (Å²) >= 11 is 0. The highest BCUT2D eigenvalue weighted by Gasteiger charge is 2.33. The molecule has 2 rings (SSSR count). The van der Waals surface area contributed by atoms with Crippen molar-refractivity contribution in [2.45, 2.75) is 44.1 Å². The van der Waals surface area contributed by atoms with Gasteiger partial charge in [-0.05, 0) is 43.5 Å². The molecule has 0 atom stereocenters. The molecule has 1 aromatic carbocycles. The van der Waals surface area contributed by atoms with E-state index in [0.29, 0.717) is 12.1 Å². The lowest BCUT2D eigenvalue weighted by Crippen LogP contribution is -2.52. The number of benzene rings is 1. The van der Waals surface area contributed by atoms with Crippen molar-refractivity contribution >= 4 is 5.91 Å². The van der Waals surface area contributed by atoms with E-state index in [2.05, 4.69) is 5.32 Å². The van der Waals surface area contributed by atoms with Crippen molar-refractivity contribution < 1.29 is 9.90 Å². The van der Waals surface area contributed by atoms with Crippen LogP contribution in [0.4, 0.5) is 0 Å². The van der Waals surface area contributed by atoms with E-state index >= 15 is 0 Å². The Bertz CT molecular complexity index is 436. The summed E-state index contributed by atoms with van der Waals surface area (Å²) in [4.78, 5) is 12.3. The van der Waals surface area contributed by atoms with Crippen LogP contribution < -0.4 is 11.1 Å². The molecule has 110 valence electrons. The average Bonchev–Trinajstić information content (AvgIpc) is 2.49. The van der Waals surface area contributed by atoms with Crippen LogP contribution in [-0.2, 0) is 6.42 Å². The minimum Gasteiger partial charge on any atom is -0.394 e. The monoisotopic (exact) mass is 276 g/mol. The molecule has 4 heteroatoms. The van der Waals surface area contributed by atoms with Gasteiger partial charge in [0.25, 0.3) is 5.91 Å². The first-order valence-corrected chi connectivity index (χ1v) is 7.41. The second-order valence-electron chi connectivity index (χ2n) is 5.69. The summed E-state index contributed by atoms with van der Waals surface area (Å²) < 4.78 is 0. The molecule has 1 fully saturated rings. The highest BCUT2D eigenvalue weighted by atomic mass is 16.3. The van der Waals surface area contributed by atoms with Gasteiger partial charge in [0.1, 0.15) is 0 Å². The molecule has 0 bridgehead atoms. The van der Waals surface area contributed by atoms with Crippen molar-refractivity contribution in [2.75, 3.05) is 13.2 Å². The Kier molecular flexibility index (Phi) is 5.15. The molecule has 4 nitrogen and oxygen atoms in total. The molecule has 0 saturated heterocycles. The van der Waals surface area contributed by atoms with Crippen LogP contribution in [-0.4, -0.2) is 29.7 Å². The Labute approximate surface area is 120 Å². The summed E-state index contributed by atoms with van der Waals surface area (Å²) in [6, 6.07) is 7.53. The quantitative estimate of drug-likeness (QED) is 0.765. The maximum absolute atomic E-state index is 12.3. The second kappa shape index (κ2) is 6.86. The van der Waals surface area contributed by atoms with Crippen LogP contribution in [0.15, 0.2) is 24.3 Å². The second-order valence-corrected chi connectivity index (χ2v) is 5.69. The molecule has 1 aromatic rings. The molecule has 1 aliphatic carbocycles. The van der Waals surface area contributed by atoms with Gasteiger partial charge in [0.2, 0.25) is 0 Å². The standard InChI is InChI=1S/C16H24N2O2/c17-11-8-13-4-6-14(7-5-13)15(20)18-16(12-19)9-2-1-3-10-16/h4-7,19H,1-3,8-12,17H2,(H,18,20). The van der Waals surface area contributed by atoms with E-state index in [1.165, 1.54) is 6.42 Å². The first-order chi connectivity index (χ1) is 9.69. The van der Waals surface area contributed by atoms with Gasteiger partial charge in [0, 0.05) is 5.56 Å². The van der Waals surface area contributed by atoms with Crippen molar-refractivity contribution in [1.29, 1.82) is 0 Å². The Hall–Kier alpha value is -1.39. The average molecular weight is 276 g/mol. The number of aliphatic hydroxyl groups excluding tert-OH is 1. The minimum absolute atomic E-state index is 0.0179. The molecule has 0 radical (unpaired) electrons. The lowest BCUT2D eigenvalue weighted by Gasteiger charge is -2.36. The van der Waals surface area contributed by atoms with Crippen LogP contribution in [0.25, 0.3) is 0 Å². The van der Waals surface area contributed by atoms with Crippen LogP contribution in [0.3, 0.4) is 0 Å². The van der Waals surface area contributed by atoms with Crippen molar-refractivity contribution in [2.24, 2.45) is 5.73 Å². The van der Waals surface area contributed by atoms with Gasteiger partial charge < -0.3 is 16.2 Å². The third kappa shape index (κ3) is 3.58. The fourth-order valence-electron chi connectivity index (χ4n) is 2.85. The maximum Gasteiger partial charge on any atom is 0.251 e. The molecular weight excluding hydrogens is 252 g/mol. The number of amides is 1. The Morgan fingerprint density at radius 1 is 1.20 bits per heavy atom. The van der Waals surface area contributed by atoms with Crippen LogP contribution in [0.5, 0.6) is 0 Å². The zero-order chi connectivity index (χ0) is 14.4. The van der Waals surface area contributed by atoms with E-state index in [-0.39, 0.29) is 12.5 Å². The highest BCUT2D eigenvalue weighted by Crippen LogP contribution is 2.28. The van der Waals surface area contributed by atoms with E-state index in [4.69, 9.17) is 5.73 Å². The van der Waals surface area contributed by atoms with E-state index in [9.17, 15) is 9.90 Å². The van der Waals surface area contributed by atoms with Crippen molar-refractivity contribution in [3.63, 3.8) is 0 Å². The number of nitrogens with one attached hydrogen (secondary N) is 1. The van der Waals surface area contributed by atoms with E-state index in [1.807, 2.05) is 24.3 Å². The Morgan fingerprint density at radius 3 is 2.40 bits per heavy atom. The third-order valence-corrected chi connectivity index (χ3v) is 4.14. The number of carbonyl (C=O) groups excluding carboxylic acids is 1. The minimum atomic E-state index is -0.425. The zero-order valence-corrected chi connectivity index (χ0v) is 11.9. The van der Waals surface area contributed by atoms with E-state index < -0.39 is 5.54 Å². The van der Waals surface area contributed by atoms with Gasteiger partial charge in [-0.1, -0.05) is 31.4 Å². The van der Waals surface area contributed by atoms with Crippen molar-refractivity contribution in [3.8, 4) is 0 Å². The fraction of sp³-hybridized carbons (Fsp3) is 0.562. The SMILES string of the molecule is NCCc1ccc(C(=O)NC2(CO)CCCCC2)cc1. The third-order valence-electron chi connectivity index (χ3n) is 4.14. The number of hydrogen-bond acceptors (Lipinski definition) is 3. The smallest absolute Gasteiger partial charge is 0.251 e. The molecule has 20 heavy (non-hydrogen) atoms. The fourth-order valence-corrected chi connectivity index (χ4v) is 2.85. The van der Waals surface area contributed by atoms with Gasteiger partial charge in [0.15, 0.2) is 0 Å². The molecule has 1 saturated carbocycles. The number of carbonyl (C=O) groups is 1. The van der Waals surface area contributed by atoms with Crippen LogP contribution >= 0.6 is 0 Å². The predicted molar refractivity (Wildman–Crippen MR) is 79.6 cm³/mol. The molecular formula is C16H24N2O2. The van der Waals surface area contributed by atoms with Gasteiger partial charge in [0.05, 0.1) is 12.1 Å². The molecule has 0 aromatic heterocycles. The predicted octanol–water partition coefficient (Wildman–Crippen LogP) is 1.61. The van der Waals surface area contributed by atoms with Crippen LogP contribution in [0.1, 0.15) is 48.0 Å². The lowest BCUT2D eigenvalue weighted by atomic mass is 9.82. The van der Waals surface area contributed by atoms with Gasteiger partial charge in [-0.25, -0.2) is 0 Å². The Morgan fingerprint density at radius 2 is 1.85 bits per heavy atom. The van der Waals surface area contributed by atoms with Crippen molar-refractivity contribution in [1.82, 2.24) is 5.32 Å². The molecule has 0 unspecified atom stereocenters. The number of hydrogen-bond donors (Lipinski definition) is 3. The summed E-state index contributed by atoms with van der Waals surface area (Å²) in [7, 11) is 0. The topological polar surface area (TPSA) is 75.4 Å². The first kappa shape index (κ1) is 15.0. The Balaban J connectivity index is 2.03. The normalized spacial score (nSPS) is 17.7. The lowest BCUT2D eigenvalue weighted by molar-refractivity contribution is 0.0758. The van der Waals surface area contributed by atoms with Crippen LogP contribution in [0, 0.1) is 0 Å². The molecule has 1 aliphatic rings. The molecule has 0 spiro atoms. The van der Waals surface area contributed by atoms with Gasteiger partial charge >= 0.3 is 0 Å². The van der Waals surface area contributed by atoms with Gasteiger partial charge in [-0.15, -0.1) is 0 Å². The molecule has 4 N–H and O–H groups in total. The summed E-state index contributed by atoms with van der Waals surface area (Å²) in [6.45, 7) is 0.628. The van der Waals surface area contributed by atoms with Gasteiger partial charge in [-0.3, -0.25) is 4.79 Å². The zero-order valence-electron chi connectivity index (χ0n) is 11.9. The first-order valence-electron chi connectivity index (χ1n) is 7.41. The number of nitrogens with two attached hydrogens (primary N) is 1. The molecule has 0 heterocycles. The van der Waals surface area contributed by atoms with Crippen molar-refractivity contribution in [3.05, 3.63) is 35.4 Å². The molecule has 1 amide bonds. The number of aliphatic hydroxyl groups is 1. The number of rotatable bonds is 5. The summed E-state index contributed by atoms with van der Waals surface area (Å²) in [5.41, 5.74) is 6.87. The van der Waals surface area contributed by atoms with Gasteiger partial charge in [-0.2, -0.15) is 0 Å². The highest BCUT2D eigenvalue weighted by molar-refractivity contribution is 5.94. The summed E-state index contributed by atoms with van der Waals surface area (Å²) in [5, 5.41) is 12.7. The van der Waals surface area contributed by atoms with E-state index in [0.717, 1.165) is 37.7 Å². The van der Waals surface area contributed by atoms with E-state index in [1.54, 1.807) is 0 Å². The van der Waals surface area contributed by atoms with Crippen LogP contribution in [0.2, 0.25) is 0 Å². The largest absolute Gasteiger partial charge is 0.394 e. The maximum atomic E-state index is 12.3. The summed E-state index contributed by atoms with van der Waals surface area (Å²) in [5.74, 6) is -0.0970. The molecule has 0 aliphatic heterocycles. The summed E-state index contributed by atoms with van der Waals surface area (Å²) in [6.07, 6.45) is 5.86.